The van der Waals surface area contributed by atoms with Gasteiger partial charge < -0.3 is 9.47 Å². The molecule has 3 aromatic carbocycles. The Morgan fingerprint density at radius 1 is 1.03 bits per heavy atom. The lowest BCUT2D eigenvalue weighted by molar-refractivity contribution is -0.239. The number of methoxy groups -OCH3 is 2. The van der Waals surface area contributed by atoms with Gasteiger partial charge in [0.2, 0.25) is 11.1 Å². The van der Waals surface area contributed by atoms with E-state index in [4.69, 9.17) is 21.1 Å². The second kappa shape index (κ2) is 9.30. The van der Waals surface area contributed by atoms with E-state index in [0.717, 1.165) is 25.1 Å². The Balaban J connectivity index is 1.81. The number of halogens is 4. The van der Waals surface area contributed by atoms with E-state index in [2.05, 4.69) is 4.99 Å². The van der Waals surface area contributed by atoms with Crippen LogP contribution >= 0.6 is 11.6 Å². The fraction of sp³-hybridized carbons (Fsp3) is 0.250. The maximum Gasteiger partial charge on any atom is 0.419 e. The topological polar surface area (TPSA) is 71.4 Å². The maximum atomic E-state index is 15.7. The summed E-state index contributed by atoms with van der Waals surface area (Å²) >= 11 is 6.27. The highest BCUT2D eigenvalue weighted by Crippen LogP contribution is 2.63. The summed E-state index contributed by atoms with van der Waals surface area (Å²) in [6, 6.07) is 15.6. The van der Waals surface area contributed by atoms with Crippen molar-refractivity contribution in [2.24, 2.45) is 4.99 Å². The van der Waals surface area contributed by atoms with Gasteiger partial charge in [0.05, 0.1) is 32.8 Å². The van der Waals surface area contributed by atoms with E-state index in [1.807, 2.05) is 0 Å². The third-order valence-electron chi connectivity index (χ3n) is 7.19. The van der Waals surface area contributed by atoms with Crippen LogP contribution in [0.2, 0.25) is 5.02 Å². The Hall–Kier alpha value is -4.05. The van der Waals surface area contributed by atoms with E-state index in [1.165, 1.54) is 36.3 Å². The Labute approximate surface area is 227 Å². The lowest BCUT2D eigenvalue weighted by atomic mass is 9.66. The molecule has 0 aromatic heterocycles. The van der Waals surface area contributed by atoms with Gasteiger partial charge in [-0.2, -0.15) is 13.2 Å². The largest absolute Gasteiger partial charge is 0.497 e. The number of aliphatic imine (C=N–C) groups is 1. The number of anilines is 1. The van der Waals surface area contributed by atoms with Crippen molar-refractivity contribution in [3.05, 3.63) is 94.0 Å². The number of rotatable bonds is 5. The molecule has 5 rings (SSSR count). The van der Waals surface area contributed by atoms with Crippen LogP contribution in [0.1, 0.15) is 22.3 Å². The molecule has 202 valence electrons. The molecule has 0 saturated heterocycles. The number of amides is 2. The summed E-state index contributed by atoms with van der Waals surface area (Å²) in [5.41, 5.74) is -5.13. The summed E-state index contributed by atoms with van der Waals surface area (Å²) in [6.45, 7) is 1.69. The zero-order valence-electron chi connectivity index (χ0n) is 21.1. The average molecular weight is 558 g/mol. The number of ether oxygens (including phenoxy) is 2. The molecule has 2 amide bonds. The summed E-state index contributed by atoms with van der Waals surface area (Å²) in [4.78, 5) is 33.3. The monoisotopic (exact) mass is 557 g/mol. The minimum Gasteiger partial charge on any atom is -0.497 e. The van der Waals surface area contributed by atoms with Gasteiger partial charge in [0, 0.05) is 10.6 Å². The van der Waals surface area contributed by atoms with Crippen molar-refractivity contribution in [2.75, 3.05) is 19.1 Å². The molecule has 3 aromatic rings. The smallest absolute Gasteiger partial charge is 0.419 e. The average Bonchev–Trinajstić information content (AvgIpc) is 3.30. The molecule has 0 bridgehead atoms. The van der Waals surface area contributed by atoms with Crippen LogP contribution in [0, 0.1) is 6.92 Å². The van der Waals surface area contributed by atoms with Gasteiger partial charge in [-0.3, -0.25) is 9.80 Å². The van der Waals surface area contributed by atoms with Crippen molar-refractivity contribution in [1.29, 1.82) is 0 Å². The number of esters is 1. The van der Waals surface area contributed by atoms with E-state index >= 15 is 13.2 Å². The second-order valence-corrected chi connectivity index (χ2v) is 9.71. The molecule has 11 heteroatoms. The molecule has 0 spiro atoms. The molecule has 1 unspecified atom stereocenters. The van der Waals surface area contributed by atoms with Crippen molar-refractivity contribution in [2.45, 2.75) is 30.7 Å². The highest BCUT2D eigenvalue weighted by Gasteiger charge is 2.80. The van der Waals surface area contributed by atoms with E-state index in [-0.39, 0.29) is 22.8 Å². The Kier molecular flexibility index (Phi) is 6.33. The highest BCUT2D eigenvalue weighted by molar-refractivity contribution is 6.30. The first kappa shape index (κ1) is 26.6. The van der Waals surface area contributed by atoms with Crippen LogP contribution in [-0.4, -0.2) is 43.6 Å². The highest BCUT2D eigenvalue weighted by atomic mass is 35.5. The van der Waals surface area contributed by atoms with Gasteiger partial charge in [-0.05, 0) is 48.4 Å². The number of urea groups is 1. The van der Waals surface area contributed by atoms with Crippen LogP contribution < -0.4 is 9.64 Å². The molecule has 2 atom stereocenters. The number of fused-ring (bicyclic) bond motifs is 3. The fourth-order valence-corrected chi connectivity index (χ4v) is 5.56. The number of aryl methyl sites for hydroxylation is 1. The van der Waals surface area contributed by atoms with Crippen molar-refractivity contribution < 1.29 is 32.2 Å². The summed E-state index contributed by atoms with van der Waals surface area (Å²) < 4.78 is 57.3. The number of hydrogen-bond acceptors (Lipinski definition) is 5. The predicted molar refractivity (Wildman–Crippen MR) is 139 cm³/mol. The SMILES string of the molecule is COC(=O)[C@]1(c2ccc(C)cc2)N=CN2C(=O)N(Cc3ccc(OC)cc3)c3ccc(Cl)cc3C21C(F)(F)F. The van der Waals surface area contributed by atoms with Gasteiger partial charge in [-0.25, -0.2) is 14.6 Å². The van der Waals surface area contributed by atoms with Gasteiger partial charge in [0.15, 0.2) is 0 Å². The molecule has 7 nitrogen and oxygen atoms in total. The van der Waals surface area contributed by atoms with Crippen molar-refractivity contribution in [1.82, 2.24) is 4.90 Å². The van der Waals surface area contributed by atoms with E-state index < -0.39 is 34.8 Å². The number of nitrogens with zero attached hydrogens (tertiary/aromatic N) is 3. The Morgan fingerprint density at radius 2 is 1.69 bits per heavy atom. The zero-order valence-corrected chi connectivity index (χ0v) is 21.9. The first-order valence-electron chi connectivity index (χ1n) is 11.8. The van der Waals surface area contributed by atoms with Gasteiger partial charge >= 0.3 is 18.2 Å². The zero-order chi connectivity index (χ0) is 28.2. The maximum absolute atomic E-state index is 15.7. The quantitative estimate of drug-likeness (QED) is 0.363. The molecule has 0 aliphatic carbocycles. The molecule has 0 radical (unpaired) electrons. The van der Waals surface area contributed by atoms with Crippen LogP contribution in [0.25, 0.3) is 0 Å². The summed E-state index contributed by atoms with van der Waals surface area (Å²) in [6.07, 6.45) is -4.43. The minimum atomic E-state index is -5.20. The van der Waals surface area contributed by atoms with Gasteiger partial charge in [0.1, 0.15) is 5.75 Å². The van der Waals surface area contributed by atoms with E-state index in [9.17, 15) is 9.59 Å². The van der Waals surface area contributed by atoms with Crippen LogP contribution in [0.3, 0.4) is 0 Å². The van der Waals surface area contributed by atoms with Gasteiger partial charge in [-0.1, -0.05) is 53.6 Å². The van der Waals surface area contributed by atoms with E-state index in [1.54, 1.807) is 43.3 Å². The summed E-state index contributed by atoms with van der Waals surface area (Å²) in [7, 11) is 2.49. The second-order valence-electron chi connectivity index (χ2n) is 9.27. The molecule has 0 N–H and O–H groups in total. The van der Waals surface area contributed by atoms with Crippen LogP contribution in [-0.2, 0) is 27.2 Å². The number of alkyl halides is 3. The number of hydrogen-bond donors (Lipinski definition) is 0. The third-order valence-corrected chi connectivity index (χ3v) is 7.42. The van der Waals surface area contributed by atoms with Gasteiger partial charge in [-0.15, -0.1) is 0 Å². The summed E-state index contributed by atoms with van der Waals surface area (Å²) in [5.74, 6) is -0.690. The van der Waals surface area contributed by atoms with Crippen molar-refractivity contribution in [3.63, 3.8) is 0 Å². The number of carbonyl (C=O) groups is 2. The number of benzene rings is 3. The van der Waals surface area contributed by atoms with Crippen molar-refractivity contribution >= 4 is 35.6 Å². The minimum absolute atomic E-state index is 0.00866. The molecule has 2 aliphatic rings. The third kappa shape index (κ3) is 3.69. The lowest BCUT2D eigenvalue weighted by Gasteiger charge is -2.52. The molecule has 2 aliphatic heterocycles. The molecule has 2 heterocycles. The normalized spacial score (nSPS) is 22.0. The van der Waals surface area contributed by atoms with Gasteiger partial charge in [0.25, 0.3) is 0 Å². The molecular formula is C28H23ClF3N3O4. The molecule has 0 fully saturated rings. The van der Waals surface area contributed by atoms with Crippen molar-refractivity contribution in [3.8, 4) is 5.75 Å². The molecule has 39 heavy (non-hydrogen) atoms. The number of carbonyl (C=O) groups excluding carboxylic acids is 2. The first-order valence-corrected chi connectivity index (χ1v) is 12.2. The Bertz CT molecular complexity index is 1480. The van der Waals surface area contributed by atoms with Crippen LogP contribution in [0.5, 0.6) is 5.75 Å². The molecular weight excluding hydrogens is 535 g/mol. The first-order chi connectivity index (χ1) is 18.5. The Morgan fingerprint density at radius 3 is 2.28 bits per heavy atom. The summed E-state index contributed by atoms with van der Waals surface area (Å²) in [5, 5.41) is -0.00866. The van der Waals surface area contributed by atoms with E-state index in [0.29, 0.717) is 16.2 Å². The standard InChI is InChI=1S/C28H23ClF3N3O4/c1-17-4-8-19(9-5-17)26(24(36)39-3)27(28(30,31)32)22-14-20(29)10-13-23(22)34(25(37)35(27)16-33-26)15-18-6-11-21(38-2)12-7-18/h4-14,16H,15H2,1-3H3/t26-,27?/m0/s1. The predicted octanol–water partition coefficient (Wildman–Crippen LogP) is 5.97. The van der Waals surface area contributed by atoms with Crippen LogP contribution in [0.4, 0.5) is 23.7 Å². The molecule has 0 saturated carbocycles. The lowest BCUT2D eigenvalue weighted by Crippen LogP contribution is -2.70. The fourth-order valence-electron chi connectivity index (χ4n) is 5.39. The van der Waals surface area contributed by atoms with Crippen LogP contribution in [0.15, 0.2) is 71.7 Å².